The Balaban J connectivity index is 2.00. The van der Waals surface area contributed by atoms with Crippen molar-refractivity contribution in [3.8, 4) is 0 Å². The van der Waals surface area contributed by atoms with Crippen LogP contribution in [0.1, 0.15) is 21.7 Å². The van der Waals surface area contributed by atoms with E-state index in [4.69, 9.17) is 16.0 Å². The minimum absolute atomic E-state index is 0.0364. The van der Waals surface area contributed by atoms with E-state index < -0.39 is 5.91 Å². The Morgan fingerprint density at radius 3 is 2.70 bits per heavy atom. The van der Waals surface area contributed by atoms with Gasteiger partial charge in [0.15, 0.2) is 11.2 Å². The molecule has 1 aromatic heterocycles. The molecule has 116 valence electrons. The Kier molecular flexibility index (Phi) is 3.92. The number of rotatable bonds is 2. The van der Waals surface area contributed by atoms with Gasteiger partial charge in [0.05, 0.1) is 5.39 Å². The molecule has 0 aliphatic carbocycles. The van der Waals surface area contributed by atoms with Gasteiger partial charge in [-0.15, -0.1) is 0 Å². The Hall–Kier alpha value is -2.59. The van der Waals surface area contributed by atoms with E-state index in [1.807, 2.05) is 26.0 Å². The van der Waals surface area contributed by atoms with Crippen molar-refractivity contribution in [2.75, 3.05) is 5.32 Å². The van der Waals surface area contributed by atoms with Crippen LogP contribution in [0.2, 0.25) is 5.02 Å². The standard InChI is InChI=1S/C18H14ClNO3/c1-10-4-3-5-14(11(10)2)20-18(22)17-9-15(21)13-8-12(19)6-7-16(13)23-17/h3-9H,1-2H3,(H,20,22). The van der Waals surface area contributed by atoms with Crippen molar-refractivity contribution in [3.05, 3.63) is 74.6 Å². The van der Waals surface area contributed by atoms with Crippen LogP contribution in [0.5, 0.6) is 0 Å². The zero-order valence-electron chi connectivity index (χ0n) is 12.6. The number of carbonyl (C=O) groups is 1. The second-order valence-electron chi connectivity index (χ2n) is 5.32. The Morgan fingerprint density at radius 2 is 1.91 bits per heavy atom. The maximum Gasteiger partial charge on any atom is 0.291 e. The lowest BCUT2D eigenvalue weighted by atomic mass is 10.1. The molecule has 23 heavy (non-hydrogen) atoms. The van der Waals surface area contributed by atoms with E-state index >= 15 is 0 Å². The van der Waals surface area contributed by atoms with Crippen molar-refractivity contribution >= 4 is 34.2 Å². The molecule has 0 spiro atoms. The number of carbonyl (C=O) groups excluding carboxylic acids is 1. The van der Waals surface area contributed by atoms with Gasteiger partial charge < -0.3 is 9.73 Å². The highest BCUT2D eigenvalue weighted by Crippen LogP contribution is 2.21. The summed E-state index contributed by atoms with van der Waals surface area (Å²) in [5, 5.41) is 3.56. The third kappa shape index (κ3) is 2.98. The number of amides is 1. The monoisotopic (exact) mass is 327 g/mol. The van der Waals surface area contributed by atoms with E-state index in [0.29, 0.717) is 21.7 Å². The number of hydrogen-bond donors (Lipinski definition) is 1. The molecule has 1 heterocycles. The second-order valence-corrected chi connectivity index (χ2v) is 5.75. The molecule has 0 fully saturated rings. The lowest BCUT2D eigenvalue weighted by Gasteiger charge is -2.10. The molecule has 0 aliphatic rings. The molecule has 0 radical (unpaired) electrons. The van der Waals surface area contributed by atoms with E-state index in [-0.39, 0.29) is 11.2 Å². The van der Waals surface area contributed by atoms with E-state index in [1.165, 1.54) is 12.1 Å². The number of halogens is 1. The van der Waals surface area contributed by atoms with Crippen molar-refractivity contribution in [1.82, 2.24) is 0 Å². The highest BCUT2D eigenvalue weighted by Gasteiger charge is 2.14. The molecule has 0 bridgehead atoms. The molecular formula is C18H14ClNO3. The average Bonchev–Trinajstić information content (AvgIpc) is 2.52. The van der Waals surface area contributed by atoms with Crippen LogP contribution in [0.25, 0.3) is 11.0 Å². The normalized spacial score (nSPS) is 10.7. The van der Waals surface area contributed by atoms with Crippen molar-refractivity contribution in [2.45, 2.75) is 13.8 Å². The molecule has 0 atom stereocenters. The maximum absolute atomic E-state index is 12.4. The van der Waals surface area contributed by atoms with Crippen LogP contribution < -0.4 is 10.7 Å². The van der Waals surface area contributed by atoms with E-state index in [9.17, 15) is 9.59 Å². The fraction of sp³-hybridized carbons (Fsp3) is 0.111. The van der Waals surface area contributed by atoms with Gasteiger partial charge in [0, 0.05) is 16.8 Å². The minimum Gasteiger partial charge on any atom is -0.451 e. The van der Waals surface area contributed by atoms with Gasteiger partial charge in [0.25, 0.3) is 5.91 Å². The summed E-state index contributed by atoms with van der Waals surface area (Å²) in [4.78, 5) is 24.5. The second kappa shape index (κ2) is 5.89. The number of anilines is 1. The largest absolute Gasteiger partial charge is 0.451 e. The summed E-state index contributed by atoms with van der Waals surface area (Å²) in [6.45, 7) is 3.88. The van der Waals surface area contributed by atoms with Gasteiger partial charge in [-0.2, -0.15) is 0 Å². The highest BCUT2D eigenvalue weighted by molar-refractivity contribution is 6.31. The first-order valence-electron chi connectivity index (χ1n) is 7.06. The van der Waals surface area contributed by atoms with Crippen LogP contribution in [0.15, 0.2) is 51.7 Å². The van der Waals surface area contributed by atoms with Crippen LogP contribution in [0.3, 0.4) is 0 Å². The topological polar surface area (TPSA) is 59.3 Å². The van der Waals surface area contributed by atoms with Gasteiger partial charge in [-0.25, -0.2) is 0 Å². The molecule has 0 saturated heterocycles. The SMILES string of the molecule is Cc1cccc(NC(=O)c2cc(=O)c3cc(Cl)ccc3o2)c1C. The van der Waals surface area contributed by atoms with Crippen LogP contribution >= 0.6 is 11.6 Å². The van der Waals surface area contributed by atoms with Crippen molar-refractivity contribution in [2.24, 2.45) is 0 Å². The van der Waals surface area contributed by atoms with Gasteiger partial charge in [-0.1, -0.05) is 23.7 Å². The number of hydrogen-bond acceptors (Lipinski definition) is 3. The Morgan fingerprint density at radius 1 is 1.13 bits per heavy atom. The number of aryl methyl sites for hydroxylation is 1. The summed E-state index contributed by atoms with van der Waals surface area (Å²) in [7, 11) is 0. The zero-order valence-corrected chi connectivity index (χ0v) is 13.4. The van der Waals surface area contributed by atoms with Gasteiger partial charge in [0.2, 0.25) is 0 Å². The molecule has 1 N–H and O–H groups in total. The van der Waals surface area contributed by atoms with Gasteiger partial charge in [-0.3, -0.25) is 9.59 Å². The predicted molar refractivity (Wildman–Crippen MR) is 91.4 cm³/mol. The molecule has 3 rings (SSSR count). The predicted octanol–water partition coefficient (Wildman–Crippen LogP) is 4.32. The molecule has 0 aliphatic heterocycles. The van der Waals surface area contributed by atoms with Gasteiger partial charge >= 0.3 is 0 Å². The summed E-state index contributed by atoms with van der Waals surface area (Å²) in [5.74, 6) is -0.502. The van der Waals surface area contributed by atoms with Crippen molar-refractivity contribution in [3.63, 3.8) is 0 Å². The molecule has 1 amide bonds. The zero-order chi connectivity index (χ0) is 16.6. The third-order valence-electron chi connectivity index (χ3n) is 3.77. The van der Waals surface area contributed by atoms with E-state index in [0.717, 1.165) is 11.1 Å². The molecule has 3 aromatic rings. The summed E-state index contributed by atoms with van der Waals surface area (Å²) in [6.07, 6.45) is 0. The summed E-state index contributed by atoms with van der Waals surface area (Å²) < 4.78 is 5.53. The van der Waals surface area contributed by atoms with E-state index in [2.05, 4.69) is 5.32 Å². The summed E-state index contributed by atoms with van der Waals surface area (Å²) in [5.41, 5.74) is 2.75. The minimum atomic E-state index is -0.465. The van der Waals surface area contributed by atoms with Crippen LogP contribution in [-0.2, 0) is 0 Å². The van der Waals surface area contributed by atoms with Crippen molar-refractivity contribution < 1.29 is 9.21 Å². The Labute approximate surface area is 137 Å². The quantitative estimate of drug-likeness (QED) is 0.762. The lowest BCUT2D eigenvalue weighted by molar-refractivity contribution is 0.0997. The van der Waals surface area contributed by atoms with Crippen molar-refractivity contribution in [1.29, 1.82) is 0 Å². The molecule has 0 unspecified atom stereocenters. The first-order chi connectivity index (χ1) is 11.0. The third-order valence-corrected chi connectivity index (χ3v) is 4.00. The molecule has 4 nitrogen and oxygen atoms in total. The molecule has 5 heteroatoms. The summed E-state index contributed by atoms with van der Waals surface area (Å²) >= 11 is 5.87. The lowest BCUT2D eigenvalue weighted by Crippen LogP contribution is -2.15. The van der Waals surface area contributed by atoms with Crippen LogP contribution in [0.4, 0.5) is 5.69 Å². The first-order valence-corrected chi connectivity index (χ1v) is 7.44. The number of nitrogens with one attached hydrogen (secondary N) is 1. The average molecular weight is 328 g/mol. The molecule has 0 saturated carbocycles. The van der Waals surface area contributed by atoms with E-state index in [1.54, 1.807) is 18.2 Å². The number of fused-ring (bicyclic) bond motifs is 1. The van der Waals surface area contributed by atoms with Crippen LogP contribution in [0, 0.1) is 13.8 Å². The molecule has 2 aromatic carbocycles. The maximum atomic E-state index is 12.4. The summed E-state index contributed by atoms with van der Waals surface area (Å²) in [6, 6.07) is 11.5. The smallest absolute Gasteiger partial charge is 0.291 e. The number of benzene rings is 2. The van der Waals surface area contributed by atoms with Crippen LogP contribution in [-0.4, -0.2) is 5.91 Å². The fourth-order valence-corrected chi connectivity index (χ4v) is 2.48. The Bertz CT molecular complexity index is 976. The van der Waals surface area contributed by atoms with Gasteiger partial charge in [0.1, 0.15) is 5.58 Å². The highest BCUT2D eigenvalue weighted by atomic mass is 35.5. The fourth-order valence-electron chi connectivity index (χ4n) is 2.31. The molecular weight excluding hydrogens is 314 g/mol. The first kappa shape index (κ1) is 15.3. The van der Waals surface area contributed by atoms with Gasteiger partial charge in [-0.05, 0) is 49.2 Å².